The zero-order valence-corrected chi connectivity index (χ0v) is 18.5. The van der Waals surface area contributed by atoms with Crippen molar-refractivity contribution in [2.45, 2.75) is 25.5 Å². The number of fused-ring (bicyclic) bond motifs is 2. The number of hydrogen-bond acceptors (Lipinski definition) is 7. The molecule has 3 aromatic carbocycles. The van der Waals surface area contributed by atoms with Gasteiger partial charge >= 0.3 is 0 Å². The topological polar surface area (TPSA) is 111 Å². The van der Waals surface area contributed by atoms with Gasteiger partial charge in [-0.1, -0.05) is 30.3 Å². The number of nitrogens with zero attached hydrogens (tertiary/aromatic N) is 4. The Balaban J connectivity index is 1.44. The SMILES string of the molecule is O=c1c(N2CCCC2)nc2ccc([N+](=O)[O-])cc2n1C[C@@H](O)COc1ccc2ccccc2c1. The van der Waals surface area contributed by atoms with E-state index in [-0.39, 0.29) is 24.4 Å². The van der Waals surface area contributed by atoms with Gasteiger partial charge in [0.2, 0.25) is 0 Å². The summed E-state index contributed by atoms with van der Waals surface area (Å²) in [5.74, 6) is 0.916. The summed E-state index contributed by atoms with van der Waals surface area (Å²) in [7, 11) is 0. The third-order valence-electron chi connectivity index (χ3n) is 6.09. The molecule has 0 spiro atoms. The summed E-state index contributed by atoms with van der Waals surface area (Å²) in [4.78, 5) is 30.6. The lowest BCUT2D eigenvalue weighted by Crippen LogP contribution is -2.35. The first-order valence-corrected chi connectivity index (χ1v) is 11.2. The zero-order valence-electron chi connectivity index (χ0n) is 18.5. The molecule has 5 rings (SSSR count). The van der Waals surface area contributed by atoms with Crippen molar-refractivity contribution in [2.24, 2.45) is 0 Å². The number of nitro benzene ring substituents is 1. The van der Waals surface area contributed by atoms with Gasteiger partial charge in [0, 0.05) is 25.2 Å². The highest BCUT2D eigenvalue weighted by Gasteiger charge is 2.22. The van der Waals surface area contributed by atoms with Crippen molar-refractivity contribution in [1.82, 2.24) is 9.55 Å². The molecule has 1 saturated heterocycles. The number of rotatable bonds is 7. The van der Waals surface area contributed by atoms with E-state index in [2.05, 4.69) is 4.98 Å². The van der Waals surface area contributed by atoms with Crippen LogP contribution in [0.3, 0.4) is 0 Å². The Kier molecular flexibility index (Phi) is 5.85. The maximum Gasteiger partial charge on any atom is 0.294 e. The van der Waals surface area contributed by atoms with Crippen LogP contribution in [0.4, 0.5) is 11.5 Å². The molecule has 174 valence electrons. The van der Waals surface area contributed by atoms with E-state index in [1.807, 2.05) is 47.4 Å². The Bertz CT molecular complexity index is 1430. The minimum absolute atomic E-state index is 0.0391. The van der Waals surface area contributed by atoms with Crippen molar-refractivity contribution in [1.29, 1.82) is 0 Å². The van der Waals surface area contributed by atoms with Gasteiger partial charge in [0.1, 0.15) is 18.5 Å². The predicted octanol–water partition coefficient (Wildman–Crippen LogP) is 3.50. The molecule has 0 radical (unpaired) electrons. The van der Waals surface area contributed by atoms with Crippen molar-refractivity contribution < 1.29 is 14.8 Å². The number of benzene rings is 3. The predicted molar refractivity (Wildman–Crippen MR) is 130 cm³/mol. The molecule has 0 amide bonds. The standard InChI is InChI=1S/C25H24N4O5/c30-20(16-34-21-9-7-17-5-1-2-6-18(17)13-21)15-28-23-14-19(29(32)33)8-10-22(23)26-24(25(28)31)27-11-3-4-12-27/h1-2,5-10,13-14,20,30H,3-4,11-12,15-16H2/t20-/m1/s1. The first kappa shape index (κ1) is 21.8. The Morgan fingerprint density at radius 3 is 2.59 bits per heavy atom. The number of anilines is 1. The van der Waals surface area contributed by atoms with Gasteiger partial charge in [-0.05, 0) is 41.8 Å². The molecular formula is C25H24N4O5. The molecule has 0 unspecified atom stereocenters. The van der Waals surface area contributed by atoms with Crippen LogP contribution in [0, 0.1) is 10.1 Å². The Morgan fingerprint density at radius 1 is 1.06 bits per heavy atom. The summed E-state index contributed by atoms with van der Waals surface area (Å²) in [5.41, 5.74) is 0.263. The number of aromatic nitrogens is 2. The first-order valence-electron chi connectivity index (χ1n) is 11.2. The van der Waals surface area contributed by atoms with Gasteiger partial charge in [-0.25, -0.2) is 4.98 Å². The molecule has 1 aliphatic rings. The molecule has 1 aliphatic heterocycles. The molecular weight excluding hydrogens is 436 g/mol. The normalized spacial score (nSPS) is 14.6. The third-order valence-corrected chi connectivity index (χ3v) is 6.09. The molecule has 2 heterocycles. The van der Waals surface area contributed by atoms with E-state index in [1.54, 1.807) is 6.07 Å². The van der Waals surface area contributed by atoms with Gasteiger partial charge in [0.05, 0.1) is 22.5 Å². The van der Waals surface area contributed by atoms with E-state index in [9.17, 15) is 20.0 Å². The lowest BCUT2D eigenvalue weighted by molar-refractivity contribution is -0.384. The van der Waals surface area contributed by atoms with E-state index in [0.29, 0.717) is 22.6 Å². The molecule has 1 fully saturated rings. The van der Waals surface area contributed by atoms with Crippen LogP contribution in [0.25, 0.3) is 21.8 Å². The van der Waals surface area contributed by atoms with Crippen molar-refractivity contribution in [3.8, 4) is 5.75 Å². The maximum atomic E-state index is 13.3. The summed E-state index contributed by atoms with van der Waals surface area (Å²) in [6.07, 6.45) is 0.934. The molecule has 1 aromatic heterocycles. The van der Waals surface area contributed by atoms with Gasteiger partial charge in [0.25, 0.3) is 11.2 Å². The van der Waals surface area contributed by atoms with Gasteiger partial charge < -0.3 is 19.3 Å². The highest BCUT2D eigenvalue weighted by Crippen LogP contribution is 2.23. The second kappa shape index (κ2) is 9.11. The van der Waals surface area contributed by atoms with E-state index < -0.39 is 11.0 Å². The highest BCUT2D eigenvalue weighted by molar-refractivity contribution is 5.83. The van der Waals surface area contributed by atoms with Gasteiger partial charge in [-0.3, -0.25) is 14.9 Å². The monoisotopic (exact) mass is 460 g/mol. The second-order valence-corrected chi connectivity index (χ2v) is 8.45. The highest BCUT2D eigenvalue weighted by atomic mass is 16.6. The van der Waals surface area contributed by atoms with Crippen molar-refractivity contribution in [3.05, 3.63) is 81.1 Å². The maximum absolute atomic E-state index is 13.3. The fourth-order valence-electron chi connectivity index (χ4n) is 4.36. The Labute approximate surface area is 195 Å². The van der Waals surface area contributed by atoms with Crippen LogP contribution in [0.5, 0.6) is 5.75 Å². The number of nitro groups is 1. The Hall–Kier alpha value is -3.98. The zero-order chi connectivity index (χ0) is 23.7. The first-order chi connectivity index (χ1) is 16.5. The molecule has 9 heteroatoms. The smallest absolute Gasteiger partial charge is 0.294 e. The number of non-ortho nitro benzene ring substituents is 1. The van der Waals surface area contributed by atoms with Crippen LogP contribution in [0.15, 0.2) is 65.5 Å². The summed E-state index contributed by atoms with van der Waals surface area (Å²) in [6, 6.07) is 17.8. The summed E-state index contributed by atoms with van der Waals surface area (Å²) in [5, 5.41) is 24.2. The minimum Gasteiger partial charge on any atom is -0.491 e. The van der Waals surface area contributed by atoms with Gasteiger partial charge in [-0.15, -0.1) is 0 Å². The van der Waals surface area contributed by atoms with Crippen LogP contribution in [0.1, 0.15) is 12.8 Å². The third kappa shape index (κ3) is 4.29. The Morgan fingerprint density at radius 2 is 1.82 bits per heavy atom. The van der Waals surface area contributed by atoms with E-state index in [1.165, 1.54) is 16.7 Å². The van der Waals surface area contributed by atoms with Crippen molar-refractivity contribution in [2.75, 3.05) is 24.6 Å². The molecule has 9 nitrogen and oxygen atoms in total. The molecule has 1 N–H and O–H groups in total. The summed E-state index contributed by atoms with van der Waals surface area (Å²) in [6.45, 7) is 1.35. The lowest BCUT2D eigenvalue weighted by atomic mass is 10.1. The van der Waals surface area contributed by atoms with Gasteiger partial charge in [0.15, 0.2) is 5.82 Å². The van der Waals surface area contributed by atoms with Crippen molar-refractivity contribution >= 4 is 33.3 Å². The largest absolute Gasteiger partial charge is 0.491 e. The minimum atomic E-state index is -1.01. The fourth-order valence-corrected chi connectivity index (χ4v) is 4.36. The quantitative estimate of drug-likeness (QED) is 0.332. The second-order valence-electron chi connectivity index (χ2n) is 8.45. The molecule has 4 aromatic rings. The number of aliphatic hydroxyl groups excluding tert-OH is 1. The van der Waals surface area contributed by atoms with Crippen LogP contribution in [-0.2, 0) is 6.54 Å². The van der Waals surface area contributed by atoms with Crippen LogP contribution in [0.2, 0.25) is 0 Å². The summed E-state index contributed by atoms with van der Waals surface area (Å²) >= 11 is 0. The number of hydrogen-bond donors (Lipinski definition) is 1. The molecule has 0 aliphatic carbocycles. The number of ether oxygens (including phenoxy) is 1. The number of aliphatic hydroxyl groups is 1. The molecule has 1 atom stereocenters. The van der Waals surface area contributed by atoms with E-state index in [0.717, 1.165) is 36.7 Å². The lowest BCUT2D eigenvalue weighted by Gasteiger charge is -2.20. The van der Waals surface area contributed by atoms with Crippen LogP contribution >= 0.6 is 0 Å². The molecule has 0 saturated carbocycles. The molecule has 0 bridgehead atoms. The van der Waals surface area contributed by atoms with Crippen molar-refractivity contribution in [3.63, 3.8) is 0 Å². The average molecular weight is 460 g/mol. The van der Waals surface area contributed by atoms with E-state index in [4.69, 9.17) is 4.74 Å². The van der Waals surface area contributed by atoms with E-state index >= 15 is 0 Å². The summed E-state index contributed by atoms with van der Waals surface area (Å²) < 4.78 is 7.16. The van der Waals surface area contributed by atoms with Crippen LogP contribution in [-0.4, -0.2) is 45.4 Å². The van der Waals surface area contributed by atoms with Gasteiger partial charge in [-0.2, -0.15) is 0 Å². The van der Waals surface area contributed by atoms with Crippen LogP contribution < -0.4 is 15.2 Å². The molecule has 34 heavy (non-hydrogen) atoms. The average Bonchev–Trinajstić information content (AvgIpc) is 3.38. The fraction of sp³-hybridized carbons (Fsp3) is 0.280.